The molecule has 1 unspecified atom stereocenters. The second-order valence-electron chi connectivity index (χ2n) is 7.93. The van der Waals surface area contributed by atoms with Crippen LogP contribution in [0.1, 0.15) is 17.5 Å². The van der Waals surface area contributed by atoms with Crippen molar-refractivity contribution in [3.63, 3.8) is 0 Å². The largest absolute Gasteiger partial charge is 0.497 e. The molecule has 8 heteroatoms. The number of nitrogens with zero attached hydrogens (tertiary/aromatic N) is 4. The van der Waals surface area contributed by atoms with Crippen LogP contribution in [0.4, 0.5) is 5.82 Å². The maximum atomic E-state index is 5.39. The van der Waals surface area contributed by atoms with E-state index in [2.05, 4.69) is 43.7 Å². The highest BCUT2D eigenvalue weighted by Crippen LogP contribution is 2.24. The lowest BCUT2D eigenvalue weighted by Gasteiger charge is -2.20. The third-order valence-electron chi connectivity index (χ3n) is 5.38. The third kappa shape index (κ3) is 6.49. The fourth-order valence-electron chi connectivity index (χ4n) is 3.70. The Labute approximate surface area is 185 Å². The summed E-state index contributed by atoms with van der Waals surface area (Å²) < 4.78 is 10.8. The molecule has 168 valence electrons. The molecule has 2 N–H and O–H groups in total. The van der Waals surface area contributed by atoms with Crippen LogP contribution in [0.15, 0.2) is 41.5 Å². The van der Waals surface area contributed by atoms with Gasteiger partial charge in [0.1, 0.15) is 17.3 Å². The number of rotatable bonds is 8. The number of aromatic nitrogens is 1. The molecule has 2 heterocycles. The Hall–Kier alpha value is -3.00. The van der Waals surface area contributed by atoms with Gasteiger partial charge in [0, 0.05) is 65.6 Å². The van der Waals surface area contributed by atoms with Crippen LogP contribution in [-0.2, 0) is 13.1 Å². The molecule has 0 spiro atoms. The molecule has 1 fully saturated rings. The third-order valence-corrected chi connectivity index (χ3v) is 5.38. The van der Waals surface area contributed by atoms with E-state index in [-0.39, 0.29) is 0 Å². The molecule has 0 bridgehead atoms. The number of hydrogen-bond donors (Lipinski definition) is 2. The smallest absolute Gasteiger partial charge is 0.191 e. The van der Waals surface area contributed by atoms with Crippen molar-refractivity contribution in [2.24, 2.45) is 4.99 Å². The fourth-order valence-corrected chi connectivity index (χ4v) is 3.70. The number of nitrogens with one attached hydrogen (secondary N) is 2. The van der Waals surface area contributed by atoms with E-state index in [4.69, 9.17) is 9.47 Å². The van der Waals surface area contributed by atoms with Crippen LogP contribution < -0.4 is 25.0 Å². The molecule has 31 heavy (non-hydrogen) atoms. The van der Waals surface area contributed by atoms with Crippen LogP contribution in [0.2, 0.25) is 0 Å². The lowest BCUT2D eigenvalue weighted by molar-refractivity contribution is 0.321. The van der Waals surface area contributed by atoms with Crippen LogP contribution in [0.3, 0.4) is 0 Å². The molecule has 1 atom stereocenters. The highest BCUT2D eigenvalue weighted by molar-refractivity contribution is 5.80. The van der Waals surface area contributed by atoms with Gasteiger partial charge in [-0.15, -0.1) is 0 Å². The first-order valence-corrected chi connectivity index (χ1v) is 10.5. The minimum absolute atomic E-state index is 0.355. The molecule has 8 nitrogen and oxygen atoms in total. The van der Waals surface area contributed by atoms with E-state index in [0.717, 1.165) is 49.3 Å². The standard InChI is InChI=1S/C23H34N6O2/c1-24-23(26-14-17-6-8-25-22(12-17)28(2)3)27-19-7-9-29(16-19)15-18-10-20(30-4)13-21(11-18)31-5/h6,8,10-13,19H,7,9,14-16H2,1-5H3,(H2,24,26,27). The summed E-state index contributed by atoms with van der Waals surface area (Å²) in [6.07, 6.45) is 2.91. The Kier molecular flexibility index (Phi) is 7.94. The normalized spacial score (nSPS) is 16.8. The molecule has 1 aliphatic rings. The van der Waals surface area contributed by atoms with Gasteiger partial charge in [0.15, 0.2) is 5.96 Å². The van der Waals surface area contributed by atoms with Gasteiger partial charge < -0.3 is 25.0 Å². The first-order chi connectivity index (χ1) is 15.0. The van der Waals surface area contributed by atoms with Gasteiger partial charge in [0.25, 0.3) is 0 Å². The monoisotopic (exact) mass is 426 g/mol. The van der Waals surface area contributed by atoms with Crippen LogP contribution >= 0.6 is 0 Å². The van der Waals surface area contributed by atoms with Crippen molar-refractivity contribution < 1.29 is 9.47 Å². The molecule has 2 aromatic rings. The predicted molar refractivity (Wildman–Crippen MR) is 125 cm³/mol. The molecule has 3 rings (SSSR count). The Bertz CT molecular complexity index is 864. The van der Waals surface area contributed by atoms with Gasteiger partial charge >= 0.3 is 0 Å². The van der Waals surface area contributed by atoms with Gasteiger partial charge in [0.2, 0.25) is 0 Å². The van der Waals surface area contributed by atoms with Gasteiger partial charge in [-0.3, -0.25) is 9.89 Å². The summed E-state index contributed by atoms with van der Waals surface area (Å²) >= 11 is 0. The van der Waals surface area contributed by atoms with E-state index in [1.165, 1.54) is 11.1 Å². The average molecular weight is 427 g/mol. The number of benzene rings is 1. The molecule has 1 aromatic carbocycles. The zero-order chi connectivity index (χ0) is 22.2. The quantitative estimate of drug-likeness (QED) is 0.495. The van der Waals surface area contributed by atoms with Crippen molar-refractivity contribution in [2.45, 2.75) is 25.6 Å². The number of ether oxygens (including phenoxy) is 2. The van der Waals surface area contributed by atoms with Crippen molar-refractivity contribution in [3.8, 4) is 11.5 Å². The maximum Gasteiger partial charge on any atom is 0.191 e. The number of hydrogen-bond acceptors (Lipinski definition) is 6. The van der Waals surface area contributed by atoms with Crippen LogP contribution in [0.25, 0.3) is 0 Å². The number of methoxy groups -OCH3 is 2. The van der Waals surface area contributed by atoms with Crippen molar-refractivity contribution >= 4 is 11.8 Å². The van der Waals surface area contributed by atoms with Crippen molar-refractivity contribution in [1.82, 2.24) is 20.5 Å². The lowest BCUT2D eigenvalue weighted by atomic mass is 10.2. The highest BCUT2D eigenvalue weighted by atomic mass is 16.5. The number of guanidine groups is 1. The minimum atomic E-state index is 0.355. The van der Waals surface area contributed by atoms with Crippen LogP contribution in [0, 0.1) is 0 Å². The summed E-state index contributed by atoms with van der Waals surface area (Å²) in [6.45, 7) is 3.55. The Morgan fingerprint density at radius 2 is 1.90 bits per heavy atom. The van der Waals surface area contributed by atoms with E-state index >= 15 is 0 Å². The SMILES string of the molecule is CN=C(NCc1ccnc(N(C)C)c1)NC1CCN(Cc2cc(OC)cc(OC)c2)C1. The number of anilines is 1. The summed E-state index contributed by atoms with van der Waals surface area (Å²) in [5, 5.41) is 6.97. The minimum Gasteiger partial charge on any atom is -0.497 e. The number of likely N-dealkylation sites (tertiary alicyclic amines) is 1. The summed E-state index contributed by atoms with van der Waals surface area (Å²) in [6, 6.07) is 10.5. The van der Waals surface area contributed by atoms with Crippen molar-refractivity contribution in [2.75, 3.05) is 53.4 Å². The van der Waals surface area contributed by atoms with E-state index in [1.807, 2.05) is 44.4 Å². The second kappa shape index (κ2) is 10.9. The van der Waals surface area contributed by atoms with Gasteiger partial charge in [-0.2, -0.15) is 0 Å². The van der Waals surface area contributed by atoms with Crippen LogP contribution in [-0.4, -0.2) is 70.3 Å². The second-order valence-corrected chi connectivity index (χ2v) is 7.93. The predicted octanol–water partition coefficient (Wildman–Crippen LogP) is 2.10. The first kappa shape index (κ1) is 22.7. The zero-order valence-electron chi connectivity index (χ0n) is 19.2. The lowest BCUT2D eigenvalue weighted by Crippen LogP contribution is -2.44. The van der Waals surface area contributed by atoms with Gasteiger partial charge in [-0.25, -0.2) is 4.98 Å². The maximum absolute atomic E-state index is 5.39. The molecule has 1 aromatic heterocycles. The van der Waals surface area contributed by atoms with E-state index in [0.29, 0.717) is 12.6 Å². The Balaban J connectivity index is 1.51. The fraction of sp³-hybridized carbons (Fsp3) is 0.478. The van der Waals surface area contributed by atoms with Crippen molar-refractivity contribution in [3.05, 3.63) is 47.7 Å². The van der Waals surface area contributed by atoms with Crippen LogP contribution in [0.5, 0.6) is 11.5 Å². The van der Waals surface area contributed by atoms with E-state index < -0.39 is 0 Å². The van der Waals surface area contributed by atoms with Gasteiger partial charge in [-0.1, -0.05) is 0 Å². The van der Waals surface area contributed by atoms with Crippen molar-refractivity contribution in [1.29, 1.82) is 0 Å². The molecular formula is C23H34N6O2. The number of aliphatic imine (C=N–C) groups is 1. The summed E-state index contributed by atoms with van der Waals surface area (Å²) in [5.74, 6) is 3.41. The summed E-state index contributed by atoms with van der Waals surface area (Å²) in [4.78, 5) is 13.2. The average Bonchev–Trinajstić information content (AvgIpc) is 3.22. The molecular weight excluding hydrogens is 392 g/mol. The Morgan fingerprint density at radius 3 is 2.55 bits per heavy atom. The number of pyridine rings is 1. The highest BCUT2D eigenvalue weighted by Gasteiger charge is 2.23. The topological polar surface area (TPSA) is 74.3 Å². The van der Waals surface area contributed by atoms with E-state index in [9.17, 15) is 0 Å². The Morgan fingerprint density at radius 1 is 1.16 bits per heavy atom. The van der Waals surface area contributed by atoms with Gasteiger partial charge in [-0.05, 0) is 41.8 Å². The molecule has 0 aliphatic carbocycles. The molecule has 1 saturated heterocycles. The molecule has 0 radical (unpaired) electrons. The molecule has 1 aliphatic heterocycles. The zero-order valence-corrected chi connectivity index (χ0v) is 19.2. The first-order valence-electron chi connectivity index (χ1n) is 10.5. The molecule has 0 amide bonds. The molecule has 0 saturated carbocycles. The van der Waals surface area contributed by atoms with E-state index in [1.54, 1.807) is 14.2 Å². The summed E-state index contributed by atoms with van der Waals surface area (Å²) in [7, 11) is 9.16. The van der Waals surface area contributed by atoms with Gasteiger partial charge in [0.05, 0.1) is 14.2 Å². The summed E-state index contributed by atoms with van der Waals surface area (Å²) in [5.41, 5.74) is 2.36.